The molecule has 0 saturated carbocycles. The average molecular weight is 300 g/mol. The molecule has 0 aliphatic rings. The van der Waals surface area contributed by atoms with E-state index >= 15 is 0 Å². The highest BCUT2D eigenvalue weighted by molar-refractivity contribution is 9.10. The van der Waals surface area contributed by atoms with Crippen LogP contribution in [0.2, 0.25) is 0 Å². The predicted octanol–water partition coefficient (Wildman–Crippen LogP) is 1.90. The molecule has 1 amide bonds. The molecule has 3 nitrogen and oxygen atoms in total. The maximum Gasteiger partial charge on any atom is 0.236 e. The van der Waals surface area contributed by atoms with Gasteiger partial charge in [0.2, 0.25) is 5.91 Å². The first-order chi connectivity index (χ1) is 6.09. The van der Waals surface area contributed by atoms with Gasteiger partial charge in [0.25, 0.3) is 0 Å². The SMILES string of the molecule is C[C@H](N)C(=O)NCc1cc(Br)cs1.Cl. The van der Waals surface area contributed by atoms with Crippen LogP contribution >= 0.6 is 39.7 Å². The Labute approximate surface area is 102 Å². The summed E-state index contributed by atoms with van der Waals surface area (Å²) in [6, 6.07) is 1.54. The second-order valence-electron chi connectivity index (χ2n) is 2.74. The number of amides is 1. The number of halogens is 2. The summed E-state index contributed by atoms with van der Waals surface area (Å²) in [6.45, 7) is 2.22. The van der Waals surface area contributed by atoms with Gasteiger partial charge >= 0.3 is 0 Å². The van der Waals surface area contributed by atoms with Crippen molar-refractivity contribution in [2.45, 2.75) is 19.5 Å². The molecular weight excluding hydrogens is 288 g/mol. The Morgan fingerprint density at radius 2 is 2.43 bits per heavy atom. The summed E-state index contributed by atoms with van der Waals surface area (Å²) >= 11 is 4.94. The highest BCUT2D eigenvalue weighted by Gasteiger charge is 2.06. The molecule has 0 fully saturated rings. The van der Waals surface area contributed by atoms with Crippen molar-refractivity contribution in [2.75, 3.05) is 0 Å². The monoisotopic (exact) mass is 298 g/mol. The van der Waals surface area contributed by atoms with Crippen LogP contribution < -0.4 is 11.1 Å². The van der Waals surface area contributed by atoms with Crippen LogP contribution in [-0.4, -0.2) is 11.9 Å². The predicted molar refractivity (Wildman–Crippen MR) is 64.8 cm³/mol. The molecule has 0 aliphatic carbocycles. The lowest BCUT2D eigenvalue weighted by Crippen LogP contribution is -2.37. The minimum atomic E-state index is -0.441. The van der Waals surface area contributed by atoms with E-state index in [9.17, 15) is 4.79 Å². The third-order valence-electron chi connectivity index (χ3n) is 1.47. The number of carbonyl (C=O) groups is 1. The van der Waals surface area contributed by atoms with Crippen LogP contribution in [0.4, 0.5) is 0 Å². The Kier molecular flexibility index (Phi) is 6.35. The maximum absolute atomic E-state index is 11.1. The molecule has 14 heavy (non-hydrogen) atoms. The van der Waals surface area contributed by atoms with Crippen LogP contribution in [0.5, 0.6) is 0 Å². The van der Waals surface area contributed by atoms with Gasteiger partial charge in [0.05, 0.1) is 12.6 Å². The summed E-state index contributed by atoms with van der Waals surface area (Å²) in [5.41, 5.74) is 5.39. The molecule has 0 aromatic carbocycles. The quantitative estimate of drug-likeness (QED) is 0.895. The first kappa shape index (κ1) is 13.9. The first-order valence-electron chi connectivity index (χ1n) is 3.86. The normalized spacial score (nSPS) is 11.6. The van der Waals surface area contributed by atoms with E-state index in [1.54, 1.807) is 18.3 Å². The van der Waals surface area contributed by atoms with Gasteiger partial charge in [0.1, 0.15) is 0 Å². The number of hydrogen-bond acceptors (Lipinski definition) is 3. The summed E-state index contributed by atoms with van der Waals surface area (Å²) in [5, 5.41) is 4.72. The van der Waals surface area contributed by atoms with Crippen molar-refractivity contribution in [1.29, 1.82) is 0 Å². The Morgan fingerprint density at radius 1 is 1.79 bits per heavy atom. The lowest BCUT2D eigenvalue weighted by molar-refractivity contribution is -0.122. The Balaban J connectivity index is 0.00000169. The summed E-state index contributed by atoms with van der Waals surface area (Å²) < 4.78 is 1.04. The zero-order valence-corrected chi connectivity index (χ0v) is 10.8. The second-order valence-corrected chi connectivity index (χ2v) is 4.65. The summed E-state index contributed by atoms with van der Waals surface area (Å²) in [6.07, 6.45) is 0. The second kappa shape index (κ2) is 6.40. The van der Waals surface area contributed by atoms with Crippen molar-refractivity contribution >= 4 is 45.6 Å². The van der Waals surface area contributed by atoms with E-state index in [0.29, 0.717) is 6.54 Å². The van der Waals surface area contributed by atoms with Crippen LogP contribution in [0.1, 0.15) is 11.8 Å². The number of nitrogens with one attached hydrogen (secondary N) is 1. The molecule has 1 aromatic heterocycles. The molecular formula is C8H12BrClN2OS. The molecule has 0 bridgehead atoms. The maximum atomic E-state index is 11.1. The zero-order valence-electron chi connectivity index (χ0n) is 7.62. The fourth-order valence-corrected chi connectivity index (χ4v) is 2.17. The molecule has 1 atom stereocenters. The third-order valence-corrected chi connectivity index (χ3v) is 3.17. The number of rotatable bonds is 3. The number of thiophene rings is 1. The van der Waals surface area contributed by atoms with Crippen LogP contribution in [0.15, 0.2) is 15.9 Å². The summed E-state index contributed by atoms with van der Waals surface area (Å²) in [5.74, 6) is -0.121. The molecule has 1 heterocycles. The molecule has 0 unspecified atom stereocenters. The molecule has 0 spiro atoms. The molecule has 80 valence electrons. The lowest BCUT2D eigenvalue weighted by Gasteiger charge is -2.05. The van der Waals surface area contributed by atoms with Crippen LogP contribution in [0, 0.1) is 0 Å². The van der Waals surface area contributed by atoms with Crippen molar-refractivity contribution in [3.63, 3.8) is 0 Å². The van der Waals surface area contributed by atoms with Crippen LogP contribution in [0.3, 0.4) is 0 Å². The minimum absolute atomic E-state index is 0. The molecule has 0 saturated heterocycles. The van der Waals surface area contributed by atoms with E-state index in [1.165, 1.54) is 0 Å². The molecule has 0 radical (unpaired) electrons. The van der Waals surface area contributed by atoms with Gasteiger partial charge < -0.3 is 11.1 Å². The molecule has 1 rings (SSSR count). The van der Waals surface area contributed by atoms with Gasteiger partial charge in [-0.25, -0.2) is 0 Å². The van der Waals surface area contributed by atoms with Gasteiger partial charge in [0.15, 0.2) is 0 Å². The van der Waals surface area contributed by atoms with Gasteiger partial charge in [0, 0.05) is 14.7 Å². The minimum Gasteiger partial charge on any atom is -0.350 e. The summed E-state index contributed by atoms with van der Waals surface area (Å²) in [4.78, 5) is 12.2. The zero-order chi connectivity index (χ0) is 9.84. The Morgan fingerprint density at radius 3 is 2.86 bits per heavy atom. The largest absolute Gasteiger partial charge is 0.350 e. The van der Waals surface area contributed by atoms with Gasteiger partial charge in [-0.05, 0) is 28.9 Å². The van der Waals surface area contributed by atoms with Crippen molar-refractivity contribution in [3.8, 4) is 0 Å². The fraction of sp³-hybridized carbons (Fsp3) is 0.375. The summed E-state index contributed by atoms with van der Waals surface area (Å²) in [7, 11) is 0. The Hall–Kier alpha value is -0.100. The van der Waals surface area contributed by atoms with E-state index in [1.807, 2.05) is 11.4 Å². The third kappa shape index (κ3) is 4.41. The van der Waals surface area contributed by atoms with Crippen molar-refractivity contribution in [1.82, 2.24) is 5.32 Å². The van der Waals surface area contributed by atoms with Gasteiger partial charge in [-0.1, -0.05) is 0 Å². The fourth-order valence-electron chi connectivity index (χ4n) is 0.782. The van der Waals surface area contributed by atoms with Crippen LogP contribution in [0.25, 0.3) is 0 Å². The van der Waals surface area contributed by atoms with Crippen molar-refractivity contribution in [2.24, 2.45) is 5.73 Å². The molecule has 0 aliphatic heterocycles. The van der Waals surface area contributed by atoms with Crippen molar-refractivity contribution < 1.29 is 4.79 Å². The molecule has 6 heteroatoms. The molecule has 3 N–H and O–H groups in total. The number of carbonyl (C=O) groups excluding carboxylic acids is 1. The van der Waals surface area contributed by atoms with E-state index in [-0.39, 0.29) is 18.3 Å². The van der Waals surface area contributed by atoms with E-state index in [0.717, 1.165) is 9.35 Å². The topological polar surface area (TPSA) is 55.1 Å². The van der Waals surface area contributed by atoms with E-state index in [2.05, 4.69) is 21.2 Å². The number of nitrogens with two attached hydrogens (primary N) is 1. The van der Waals surface area contributed by atoms with E-state index < -0.39 is 6.04 Å². The smallest absolute Gasteiger partial charge is 0.236 e. The highest BCUT2D eigenvalue weighted by Crippen LogP contribution is 2.19. The standard InChI is InChI=1S/C8H11BrN2OS.ClH/c1-5(10)8(12)11-3-7-2-6(9)4-13-7;/h2,4-5H,3,10H2,1H3,(H,11,12);1H/t5-;/m0./s1. The lowest BCUT2D eigenvalue weighted by atomic mass is 10.3. The van der Waals surface area contributed by atoms with Crippen molar-refractivity contribution in [3.05, 3.63) is 20.8 Å². The molecule has 1 aromatic rings. The van der Waals surface area contributed by atoms with Gasteiger partial charge in [-0.2, -0.15) is 0 Å². The first-order valence-corrected chi connectivity index (χ1v) is 5.53. The Bertz CT molecular complexity index is 303. The van der Waals surface area contributed by atoms with E-state index in [4.69, 9.17) is 5.73 Å². The number of hydrogen-bond donors (Lipinski definition) is 2. The van der Waals surface area contributed by atoms with Crippen LogP contribution in [-0.2, 0) is 11.3 Å². The highest BCUT2D eigenvalue weighted by atomic mass is 79.9. The van der Waals surface area contributed by atoms with Gasteiger partial charge in [-0.3, -0.25) is 4.79 Å². The average Bonchev–Trinajstić information content (AvgIpc) is 2.47. The van der Waals surface area contributed by atoms with Gasteiger partial charge in [-0.15, -0.1) is 23.7 Å².